The van der Waals surface area contributed by atoms with Gasteiger partial charge in [0.05, 0.1) is 16.9 Å². The number of nitrogens with zero attached hydrogens (tertiary/aromatic N) is 3. The lowest BCUT2D eigenvalue weighted by atomic mass is 10.1. The fourth-order valence-corrected chi connectivity index (χ4v) is 2.99. The molecule has 2 aromatic carbocycles. The van der Waals surface area contributed by atoms with E-state index >= 15 is 0 Å². The number of hydrogen-bond donors (Lipinski definition) is 0. The molecule has 0 aliphatic carbocycles. The van der Waals surface area contributed by atoms with Crippen LogP contribution >= 0.6 is 0 Å². The Kier molecular flexibility index (Phi) is 4.88. The number of aryl methyl sites for hydroxylation is 1. The second kappa shape index (κ2) is 7.09. The van der Waals surface area contributed by atoms with E-state index in [1.54, 1.807) is 0 Å². The molecule has 0 atom stereocenters. The molecule has 0 amide bonds. The van der Waals surface area contributed by atoms with Crippen molar-refractivity contribution in [3.8, 4) is 0 Å². The molecular weight excluding hydrogens is 310 g/mol. The molecule has 0 radical (unpaired) electrons. The Balaban J connectivity index is 0.000000146. The van der Waals surface area contributed by atoms with Gasteiger partial charge in [0, 0.05) is 17.8 Å². The molecule has 0 aliphatic heterocycles. The zero-order valence-electron chi connectivity index (χ0n) is 15.5. The van der Waals surface area contributed by atoms with Crippen LogP contribution in [0.25, 0.3) is 21.9 Å². The van der Waals surface area contributed by atoms with Crippen LogP contribution in [0.2, 0.25) is 0 Å². The van der Waals surface area contributed by atoms with Crippen molar-refractivity contribution < 1.29 is 4.52 Å². The highest BCUT2D eigenvalue weighted by Gasteiger charge is 2.10. The summed E-state index contributed by atoms with van der Waals surface area (Å²) in [7, 11) is 1.99. The van der Waals surface area contributed by atoms with Crippen molar-refractivity contribution in [2.75, 3.05) is 0 Å². The van der Waals surface area contributed by atoms with Gasteiger partial charge in [-0.05, 0) is 30.0 Å². The molecule has 0 aliphatic rings. The van der Waals surface area contributed by atoms with Gasteiger partial charge in [-0.15, -0.1) is 0 Å². The van der Waals surface area contributed by atoms with Gasteiger partial charge < -0.3 is 4.52 Å². The van der Waals surface area contributed by atoms with Gasteiger partial charge in [0.2, 0.25) is 0 Å². The minimum absolute atomic E-state index is 0.425. The van der Waals surface area contributed by atoms with E-state index in [0.717, 1.165) is 16.7 Å². The summed E-state index contributed by atoms with van der Waals surface area (Å²) < 4.78 is 7.11. The molecule has 0 saturated carbocycles. The van der Waals surface area contributed by atoms with E-state index in [9.17, 15) is 0 Å². The van der Waals surface area contributed by atoms with Crippen LogP contribution in [0.3, 0.4) is 0 Å². The van der Waals surface area contributed by atoms with E-state index in [0.29, 0.717) is 11.8 Å². The first-order chi connectivity index (χ1) is 12.0. The van der Waals surface area contributed by atoms with Crippen LogP contribution in [0, 0.1) is 0 Å². The first kappa shape index (κ1) is 17.2. The van der Waals surface area contributed by atoms with Crippen LogP contribution < -0.4 is 0 Å². The van der Waals surface area contributed by atoms with Gasteiger partial charge in [-0.3, -0.25) is 4.68 Å². The van der Waals surface area contributed by atoms with Crippen LogP contribution in [-0.2, 0) is 7.05 Å². The summed E-state index contributed by atoms with van der Waals surface area (Å²) in [5.41, 5.74) is 4.33. The number of rotatable bonds is 2. The molecule has 2 heterocycles. The topological polar surface area (TPSA) is 43.9 Å². The van der Waals surface area contributed by atoms with Gasteiger partial charge in [-0.1, -0.05) is 63.2 Å². The first-order valence-electron chi connectivity index (χ1n) is 8.75. The Hall–Kier alpha value is -2.62. The average Bonchev–Trinajstić information content (AvgIpc) is 3.18. The molecular formula is C21H25N3O. The summed E-state index contributed by atoms with van der Waals surface area (Å²) in [4.78, 5) is 0. The van der Waals surface area contributed by atoms with Crippen molar-refractivity contribution in [3.63, 3.8) is 0 Å². The molecule has 0 N–H and O–H groups in total. The molecule has 0 bridgehead atoms. The zero-order valence-corrected chi connectivity index (χ0v) is 15.5. The van der Waals surface area contributed by atoms with E-state index in [-0.39, 0.29) is 0 Å². The Morgan fingerprint density at radius 2 is 1.40 bits per heavy atom. The predicted octanol–water partition coefficient (Wildman–Crippen LogP) is 5.65. The standard InChI is InChI=1S/C11H14N2.C10H11NO/c1-8(2)11-9-6-4-5-7-10(9)13(3)12-11;1-7(2)10-8-5-3-4-6-9(8)12-11-10/h4-8H,1-3H3;3-7H,1-2H3. The lowest BCUT2D eigenvalue weighted by Gasteiger charge is -1.98. The highest BCUT2D eigenvalue weighted by Crippen LogP contribution is 2.24. The Labute approximate surface area is 148 Å². The monoisotopic (exact) mass is 335 g/mol. The number of fused-ring (bicyclic) bond motifs is 2. The molecule has 0 saturated heterocycles. The molecule has 0 fully saturated rings. The predicted molar refractivity (Wildman–Crippen MR) is 103 cm³/mol. The van der Waals surface area contributed by atoms with Gasteiger partial charge in [0.15, 0.2) is 5.58 Å². The van der Waals surface area contributed by atoms with Crippen molar-refractivity contribution in [1.82, 2.24) is 14.9 Å². The van der Waals surface area contributed by atoms with Crippen LogP contribution in [0.4, 0.5) is 0 Å². The Bertz CT molecular complexity index is 979. The average molecular weight is 335 g/mol. The highest BCUT2D eigenvalue weighted by atomic mass is 16.5. The van der Waals surface area contributed by atoms with Gasteiger partial charge in [-0.2, -0.15) is 5.10 Å². The van der Waals surface area contributed by atoms with Crippen molar-refractivity contribution >= 4 is 21.9 Å². The van der Waals surface area contributed by atoms with Gasteiger partial charge in [-0.25, -0.2) is 0 Å². The lowest BCUT2D eigenvalue weighted by Crippen LogP contribution is -1.92. The van der Waals surface area contributed by atoms with Crippen molar-refractivity contribution in [3.05, 3.63) is 59.9 Å². The molecule has 4 aromatic rings. The van der Waals surface area contributed by atoms with Crippen molar-refractivity contribution in [2.24, 2.45) is 7.05 Å². The number of hydrogen-bond acceptors (Lipinski definition) is 3. The smallest absolute Gasteiger partial charge is 0.167 e. The largest absolute Gasteiger partial charge is 0.356 e. The minimum atomic E-state index is 0.425. The van der Waals surface area contributed by atoms with Crippen molar-refractivity contribution in [2.45, 2.75) is 39.5 Å². The second-order valence-electron chi connectivity index (χ2n) is 6.90. The van der Waals surface area contributed by atoms with Crippen LogP contribution in [0.1, 0.15) is 50.9 Å². The summed E-state index contributed by atoms with van der Waals surface area (Å²) >= 11 is 0. The fourth-order valence-electron chi connectivity index (χ4n) is 2.99. The summed E-state index contributed by atoms with van der Waals surface area (Å²) in [6.45, 7) is 8.58. The molecule has 25 heavy (non-hydrogen) atoms. The Morgan fingerprint density at radius 3 is 2.08 bits per heavy atom. The molecule has 4 nitrogen and oxygen atoms in total. The normalized spacial score (nSPS) is 11.3. The van der Waals surface area contributed by atoms with Crippen molar-refractivity contribution in [1.29, 1.82) is 0 Å². The van der Waals surface area contributed by atoms with E-state index in [1.807, 2.05) is 42.1 Å². The highest BCUT2D eigenvalue weighted by molar-refractivity contribution is 5.82. The van der Waals surface area contributed by atoms with E-state index in [2.05, 4.69) is 56.1 Å². The molecule has 2 aromatic heterocycles. The van der Waals surface area contributed by atoms with Gasteiger partial charge >= 0.3 is 0 Å². The van der Waals surface area contributed by atoms with Crippen LogP contribution in [-0.4, -0.2) is 14.9 Å². The number of aromatic nitrogens is 3. The maximum Gasteiger partial charge on any atom is 0.167 e. The third-order valence-corrected chi connectivity index (χ3v) is 4.29. The zero-order chi connectivity index (χ0) is 18.0. The molecule has 0 spiro atoms. The summed E-state index contributed by atoms with van der Waals surface area (Å²) in [6.07, 6.45) is 0. The maximum absolute atomic E-state index is 5.16. The van der Waals surface area contributed by atoms with Crippen LogP contribution in [0.15, 0.2) is 53.1 Å². The second-order valence-corrected chi connectivity index (χ2v) is 6.90. The lowest BCUT2D eigenvalue weighted by molar-refractivity contribution is 0.441. The molecule has 4 rings (SSSR count). The summed E-state index contributed by atoms with van der Waals surface area (Å²) in [5.74, 6) is 0.916. The molecule has 4 heteroatoms. The van der Waals surface area contributed by atoms with E-state index in [4.69, 9.17) is 4.52 Å². The number of para-hydroxylation sites is 2. The summed E-state index contributed by atoms with van der Waals surface area (Å²) in [5, 5.41) is 10.9. The van der Waals surface area contributed by atoms with E-state index < -0.39 is 0 Å². The van der Waals surface area contributed by atoms with E-state index in [1.165, 1.54) is 16.6 Å². The van der Waals surface area contributed by atoms with Gasteiger partial charge in [0.1, 0.15) is 0 Å². The first-order valence-corrected chi connectivity index (χ1v) is 8.75. The van der Waals surface area contributed by atoms with Crippen LogP contribution in [0.5, 0.6) is 0 Å². The third kappa shape index (κ3) is 3.43. The summed E-state index contributed by atoms with van der Waals surface area (Å²) in [6, 6.07) is 16.3. The number of benzene rings is 2. The fraction of sp³-hybridized carbons (Fsp3) is 0.333. The molecule has 130 valence electrons. The SMILES string of the molecule is CC(C)c1nn(C)c2ccccc12.CC(C)c1noc2ccccc12. The third-order valence-electron chi connectivity index (χ3n) is 4.29. The molecule has 0 unspecified atom stereocenters. The minimum Gasteiger partial charge on any atom is -0.356 e. The van der Waals surface area contributed by atoms with Gasteiger partial charge in [0.25, 0.3) is 0 Å². The quantitative estimate of drug-likeness (QED) is 0.475. The maximum atomic E-state index is 5.16. The Morgan fingerprint density at radius 1 is 0.800 bits per heavy atom.